The summed E-state index contributed by atoms with van der Waals surface area (Å²) in [4.78, 5) is 14.5. The van der Waals surface area contributed by atoms with Crippen molar-refractivity contribution in [3.8, 4) is 10.8 Å². The molecule has 0 aliphatic heterocycles. The number of hydrogen-bond acceptors (Lipinski definition) is 5. The van der Waals surface area contributed by atoms with E-state index in [0.29, 0.717) is 11.8 Å². The molecule has 1 amide bonds. The summed E-state index contributed by atoms with van der Waals surface area (Å²) in [6, 6.07) is 11.7. The summed E-state index contributed by atoms with van der Waals surface area (Å²) in [6.45, 7) is 3.89. The summed E-state index contributed by atoms with van der Waals surface area (Å²) in [7, 11) is 0. The van der Waals surface area contributed by atoms with Gasteiger partial charge in [-0.15, -0.1) is 21.5 Å². The molecule has 1 fully saturated rings. The lowest BCUT2D eigenvalue weighted by molar-refractivity contribution is -0.117. The third kappa shape index (κ3) is 3.35. The van der Waals surface area contributed by atoms with Crippen molar-refractivity contribution in [2.75, 3.05) is 5.32 Å². The van der Waals surface area contributed by atoms with E-state index in [1.807, 2.05) is 50.2 Å². The van der Waals surface area contributed by atoms with Crippen molar-refractivity contribution in [3.63, 3.8) is 0 Å². The van der Waals surface area contributed by atoms with Gasteiger partial charge in [-0.3, -0.25) is 4.79 Å². The average Bonchev–Trinajstić information content (AvgIpc) is 3.25. The molecule has 2 aromatic heterocycles. The fourth-order valence-electron chi connectivity index (χ4n) is 2.68. The molecule has 0 radical (unpaired) electrons. The minimum atomic E-state index is -0.214. The van der Waals surface area contributed by atoms with Crippen LogP contribution in [-0.2, 0) is 4.79 Å². The number of thiophene rings is 1. The molecule has 1 saturated carbocycles. The molecule has 1 aliphatic rings. The van der Waals surface area contributed by atoms with Crippen LogP contribution in [0, 0.1) is 6.92 Å². The Labute approximate surface area is 150 Å². The molecule has 6 heteroatoms. The van der Waals surface area contributed by atoms with Gasteiger partial charge in [0.15, 0.2) is 0 Å². The van der Waals surface area contributed by atoms with Crippen LogP contribution in [-0.4, -0.2) is 16.1 Å². The highest BCUT2D eigenvalue weighted by Crippen LogP contribution is 2.41. The smallest absolute Gasteiger partial charge is 0.257 e. The molecule has 25 heavy (non-hydrogen) atoms. The van der Waals surface area contributed by atoms with Gasteiger partial charge in [-0.1, -0.05) is 30.3 Å². The van der Waals surface area contributed by atoms with Gasteiger partial charge in [0, 0.05) is 10.8 Å². The fraction of sp³-hybridized carbons (Fsp3) is 0.316. The average molecular weight is 353 g/mol. The first-order chi connectivity index (χ1) is 12.1. The SMILES string of the molecule is Cc1sc(-c2nnc(C3CC3)o2)cc1NC(=O)C(C)c1ccccc1. The number of carbonyl (C=O) groups is 1. The van der Waals surface area contributed by atoms with Crippen LogP contribution in [0.3, 0.4) is 0 Å². The predicted octanol–water partition coefficient (Wildman–Crippen LogP) is 4.73. The molecule has 0 spiro atoms. The summed E-state index contributed by atoms with van der Waals surface area (Å²) in [5.41, 5.74) is 1.80. The molecule has 1 aliphatic carbocycles. The minimum Gasteiger partial charge on any atom is -0.420 e. The van der Waals surface area contributed by atoms with Gasteiger partial charge in [-0.05, 0) is 38.3 Å². The Morgan fingerprint density at radius 2 is 2.04 bits per heavy atom. The Morgan fingerprint density at radius 1 is 1.28 bits per heavy atom. The molecule has 2 heterocycles. The van der Waals surface area contributed by atoms with Crippen LogP contribution in [0.15, 0.2) is 40.8 Å². The maximum absolute atomic E-state index is 12.6. The maximum Gasteiger partial charge on any atom is 0.257 e. The maximum atomic E-state index is 12.6. The van der Waals surface area contributed by atoms with E-state index >= 15 is 0 Å². The Balaban J connectivity index is 1.50. The number of benzene rings is 1. The zero-order chi connectivity index (χ0) is 17.4. The number of anilines is 1. The lowest BCUT2D eigenvalue weighted by atomic mass is 10.0. The highest BCUT2D eigenvalue weighted by Gasteiger charge is 2.30. The first kappa shape index (κ1) is 16.0. The van der Waals surface area contributed by atoms with Gasteiger partial charge in [-0.25, -0.2) is 0 Å². The highest BCUT2D eigenvalue weighted by molar-refractivity contribution is 7.15. The van der Waals surface area contributed by atoms with Crippen molar-refractivity contribution in [2.45, 2.75) is 38.5 Å². The standard InChI is InChI=1S/C19H19N3O2S/c1-11(13-6-4-3-5-7-13)17(23)20-15-10-16(25-12(15)2)19-22-21-18(24-19)14-8-9-14/h3-7,10-11,14H,8-9H2,1-2H3,(H,20,23). The molecule has 0 bridgehead atoms. The summed E-state index contributed by atoms with van der Waals surface area (Å²) < 4.78 is 5.76. The zero-order valence-corrected chi connectivity index (χ0v) is 15.0. The molecule has 1 aromatic carbocycles. The van der Waals surface area contributed by atoms with Gasteiger partial charge < -0.3 is 9.73 Å². The monoisotopic (exact) mass is 353 g/mol. The van der Waals surface area contributed by atoms with E-state index in [1.54, 1.807) is 11.3 Å². The summed E-state index contributed by atoms with van der Waals surface area (Å²) in [5, 5.41) is 11.3. The minimum absolute atomic E-state index is 0.0251. The van der Waals surface area contributed by atoms with Gasteiger partial charge in [0.2, 0.25) is 11.8 Å². The van der Waals surface area contributed by atoms with Crippen molar-refractivity contribution < 1.29 is 9.21 Å². The van der Waals surface area contributed by atoms with Crippen LogP contribution in [0.2, 0.25) is 0 Å². The number of hydrogen-bond donors (Lipinski definition) is 1. The van der Waals surface area contributed by atoms with E-state index in [1.165, 1.54) is 0 Å². The second kappa shape index (κ2) is 6.44. The zero-order valence-electron chi connectivity index (χ0n) is 14.2. The largest absolute Gasteiger partial charge is 0.420 e. The quantitative estimate of drug-likeness (QED) is 0.720. The van der Waals surface area contributed by atoms with Crippen LogP contribution in [0.4, 0.5) is 5.69 Å². The summed E-state index contributed by atoms with van der Waals surface area (Å²) in [5.74, 6) is 1.46. The van der Waals surface area contributed by atoms with E-state index in [9.17, 15) is 4.79 Å². The molecule has 1 atom stereocenters. The topological polar surface area (TPSA) is 68.0 Å². The van der Waals surface area contributed by atoms with Crippen LogP contribution >= 0.6 is 11.3 Å². The lowest BCUT2D eigenvalue weighted by Gasteiger charge is -2.12. The van der Waals surface area contributed by atoms with E-state index in [-0.39, 0.29) is 11.8 Å². The number of carbonyl (C=O) groups excluding carboxylic acids is 1. The highest BCUT2D eigenvalue weighted by atomic mass is 32.1. The molecule has 1 unspecified atom stereocenters. The number of rotatable bonds is 5. The summed E-state index contributed by atoms with van der Waals surface area (Å²) >= 11 is 1.55. The Morgan fingerprint density at radius 3 is 2.76 bits per heavy atom. The van der Waals surface area contributed by atoms with Gasteiger partial charge in [-0.2, -0.15) is 0 Å². The van der Waals surface area contributed by atoms with Crippen molar-refractivity contribution in [1.29, 1.82) is 0 Å². The molecular formula is C19H19N3O2S. The second-order valence-corrected chi connectivity index (χ2v) is 7.68. The first-order valence-electron chi connectivity index (χ1n) is 8.42. The predicted molar refractivity (Wildman–Crippen MR) is 97.8 cm³/mol. The lowest BCUT2D eigenvalue weighted by Crippen LogP contribution is -2.18. The Kier molecular flexibility index (Phi) is 4.13. The van der Waals surface area contributed by atoms with Gasteiger partial charge >= 0.3 is 0 Å². The van der Waals surface area contributed by atoms with Crippen molar-refractivity contribution in [3.05, 3.63) is 52.7 Å². The molecular weight excluding hydrogens is 334 g/mol. The van der Waals surface area contributed by atoms with Crippen LogP contribution < -0.4 is 5.32 Å². The molecule has 128 valence electrons. The van der Waals surface area contributed by atoms with Crippen LogP contribution in [0.1, 0.15) is 47.9 Å². The summed E-state index contributed by atoms with van der Waals surface area (Å²) in [6.07, 6.45) is 2.26. The first-order valence-corrected chi connectivity index (χ1v) is 9.23. The number of aromatic nitrogens is 2. The fourth-order valence-corrected chi connectivity index (χ4v) is 3.57. The molecule has 5 nitrogen and oxygen atoms in total. The van der Waals surface area contributed by atoms with Crippen LogP contribution in [0.5, 0.6) is 0 Å². The van der Waals surface area contributed by atoms with Crippen molar-refractivity contribution >= 4 is 22.9 Å². The van der Waals surface area contributed by atoms with Crippen molar-refractivity contribution in [1.82, 2.24) is 10.2 Å². The van der Waals surface area contributed by atoms with Crippen LogP contribution in [0.25, 0.3) is 10.8 Å². The van der Waals surface area contributed by atoms with E-state index < -0.39 is 0 Å². The van der Waals surface area contributed by atoms with E-state index in [0.717, 1.165) is 39.7 Å². The number of nitrogens with one attached hydrogen (secondary N) is 1. The number of nitrogens with zero attached hydrogens (tertiary/aromatic N) is 2. The Hall–Kier alpha value is -2.47. The normalized spacial score (nSPS) is 15.1. The molecule has 4 rings (SSSR count). The van der Waals surface area contributed by atoms with E-state index in [2.05, 4.69) is 15.5 Å². The molecule has 1 N–H and O–H groups in total. The van der Waals surface area contributed by atoms with Gasteiger partial charge in [0.05, 0.1) is 16.5 Å². The molecule has 0 saturated heterocycles. The number of amides is 1. The van der Waals surface area contributed by atoms with Gasteiger partial charge in [0.1, 0.15) is 0 Å². The Bertz CT molecular complexity index is 897. The van der Waals surface area contributed by atoms with E-state index in [4.69, 9.17) is 4.42 Å². The number of aryl methyl sites for hydroxylation is 1. The third-order valence-electron chi connectivity index (χ3n) is 4.45. The molecule has 3 aromatic rings. The van der Waals surface area contributed by atoms with Gasteiger partial charge in [0.25, 0.3) is 5.89 Å². The van der Waals surface area contributed by atoms with Crippen molar-refractivity contribution in [2.24, 2.45) is 0 Å². The third-order valence-corrected chi connectivity index (χ3v) is 5.48. The second-order valence-electron chi connectivity index (χ2n) is 6.42.